The molecule has 1 aliphatic heterocycles. The molecule has 5 heteroatoms. The van der Waals surface area contributed by atoms with Gasteiger partial charge in [0, 0.05) is 24.9 Å². The number of likely N-dealkylation sites (tertiary alicyclic amines) is 1. The van der Waals surface area contributed by atoms with E-state index in [1.807, 2.05) is 29.2 Å². The fraction of sp³-hybridized carbons (Fsp3) is 0.667. The lowest BCUT2D eigenvalue weighted by atomic mass is 9.49. The summed E-state index contributed by atoms with van der Waals surface area (Å²) in [7, 11) is 1.65. The van der Waals surface area contributed by atoms with Crippen LogP contribution in [0.4, 0.5) is 5.69 Å². The van der Waals surface area contributed by atoms with Gasteiger partial charge in [0.1, 0.15) is 6.04 Å². The molecule has 4 bridgehead atoms. The summed E-state index contributed by atoms with van der Waals surface area (Å²) in [6.07, 6.45) is 8.82. The first-order valence-corrected chi connectivity index (χ1v) is 11.3. The molecular weight excluding hydrogens is 364 g/mol. The van der Waals surface area contributed by atoms with E-state index in [4.69, 9.17) is 4.74 Å². The molecule has 1 unspecified atom stereocenters. The topological polar surface area (TPSA) is 58.6 Å². The van der Waals surface area contributed by atoms with Crippen molar-refractivity contribution in [2.24, 2.45) is 23.2 Å². The molecule has 0 aromatic heterocycles. The molecule has 4 saturated carbocycles. The predicted molar refractivity (Wildman–Crippen MR) is 111 cm³/mol. The van der Waals surface area contributed by atoms with Crippen molar-refractivity contribution < 1.29 is 14.3 Å². The Morgan fingerprint density at radius 3 is 2.41 bits per heavy atom. The zero-order chi connectivity index (χ0) is 20.0. The Morgan fingerprint density at radius 1 is 1.10 bits per heavy atom. The second-order valence-electron chi connectivity index (χ2n) is 9.93. The van der Waals surface area contributed by atoms with Gasteiger partial charge < -0.3 is 15.0 Å². The lowest BCUT2D eigenvalue weighted by molar-refractivity contribution is -0.160. The van der Waals surface area contributed by atoms with E-state index in [2.05, 4.69) is 5.32 Å². The predicted octanol–water partition coefficient (Wildman–Crippen LogP) is 3.98. The van der Waals surface area contributed by atoms with Crippen molar-refractivity contribution in [1.29, 1.82) is 0 Å². The Balaban J connectivity index is 1.33. The lowest BCUT2D eigenvalue weighted by Gasteiger charge is -2.56. The van der Waals surface area contributed by atoms with Crippen molar-refractivity contribution in [3.63, 3.8) is 0 Å². The number of carbonyl (C=O) groups excluding carboxylic acids is 2. The highest BCUT2D eigenvalue weighted by Gasteiger charge is 2.56. The number of nitrogens with zero attached hydrogens (tertiary/aromatic N) is 1. The molecule has 0 radical (unpaired) electrons. The molecule has 156 valence electrons. The van der Waals surface area contributed by atoms with E-state index in [1.165, 1.54) is 19.3 Å². The van der Waals surface area contributed by atoms with Crippen molar-refractivity contribution in [2.45, 2.75) is 64.0 Å². The van der Waals surface area contributed by atoms with Gasteiger partial charge in [-0.05, 0) is 75.2 Å². The van der Waals surface area contributed by atoms with Crippen LogP contribution >= 0.6 is 0 Å². The zero-order valence-electron chi connectivity index (χ0n) is 17.4. The van der Waals surface area contributed by atoms with Gasteiger partial charge >= 0.3 is 0 Å². The molecular formula is C24H32N2O3. The maximum Gasteiger partial charge on any atom is 0.247 e. The van der Waals surface area contributed by atoms with Gasteiger partial charge in [0.25, 0.3) is 0 Å². The zero-order valence-corrected chi connectivity index (χ0v) is 17.4. The molecule has 1 aromatic carbocycles. The van der Waals surface area contributed by atoms with Crippen LogP contribution in [-0.2, 0) is 20.9 Å². The first-order chi connectivity index (χ1) is 14.1. The second-order valence-corrected chi connectivity index (χ2v) is 9.93. The normalized spacial score (nSPS) is 35.1. The minimum atomic E-state index is -0.342. The van der Waals surface area contributed by atoms with Crippen LogP contribution < -0.4 is 5.32 Å². The SMILES string of the molecule is COCc1ccccc1NC(=O)C1CCCN1C(=O)C12CC3CC(CC(C3)C1)C2. The van der Waals surface area contributed by atoms with Crippen molar-refractivity contribution >= 4 is 17.5 Å². The summed E-state index contributed by atoms with van der Waals surface area (Å²) in [4.78, 5) is 28.9. The van der Waals surface area contributed by atoms with Crippen LogP contribution in [-0.4, -0.2) is 36.4 Å². The molecule has 4 aliphatic carbocycles. The third-order valence-corrected chi connectivity index (χ3v) is 7.88. The lowest BCUT2D eigenvalue weighted by Crippen LogP contribution is -2.56. The smallest absolute Gasteiger partial charge is 0.247 e. The van der Waals surface area contributed by atoms with Gasteiger partial charge in [0.2, 0.25) is 11.8 Å². The van der Waals surface area contributed by atoms with Gasteiger partial charge in [-0.1, -0.05) is 18.2 Å². The number of hydrogen-bond donors (Lipinski definition) is 1. The van der Waals surface area contributed by atoms with Crippen molar-refractivity contribution in [3.05, 3.63) is 29.8 Å². The van der Waals surface area contributed by atoms with Gasteiger partial charge in [0.05, 0.1) is 12.0 Å². The minimum absolute atomic E-state index is 0.0517. The summed E-state index contributed by atoms with van der Waals surface area (Å²) in [6.45, 7) is 1.18. The van der Waals surface area contributed by atoms with E-state index in [1.54, 1.807) is 7.11 Å². The van der Waals surface area contributed by atoms with Crippen molar-refractivity contribution in [3.8, 4) is 0 Å². The number of nitrogens with one attached hydrogen (secondary N) is 1. The maximum absolute atomic E-state index is 13.8. The highest BCUT2D eigenvalue weighted by Crippen LogP contribution is 2.60. The maximum atomic E-state index is 13.8. The van der Waals surface area contributed by atoms with Crippen molar-refractivity contribution in [2.75, 3.05) is 19.0 Å². The second kappa shape index (κ2) is 7.42. The number of hydrogen-bond acceptors (Lipinski definition) is 3. The van der Waals surface area contributed by atoms with E-state index in [9.17, 15) is 9.59 Å². The number of methoxy groups -OCH3 is 1. The fourth-order valence-electron chi connectivity index (χ4n) is 7.10. The van der Waals surface area contributed by atoms with Gasteiger partial charge in [-0.2, -0.15) is 0 Å². The molecule has 6 rings (SSSR count). The summed E-state index contributed by atoms with van der Waals surface area (Å²) in [5.41, 5.74) is 1.57. The molecule has 1 aromatic rings. The number of carbonyl (C=O) groups is 2. The van der Waals surface area contributed by atoms with Gasteiger partial charge in [-0.25, -0.2) is 0 Å². The summed E-state index contributed by atoms with van der Waals surface area (Å²) < 4.78 is 5.26. The Kier molecular flexibility index (Phi) is 4.89. The molecule has 5 aliphatic rings. The quantitative estimate of drug-likeness (QED) is 0.819. The van der Waals surface area contributed by atoms with E-state index in [0.29, 0.717) is 6.61 Å². The third kappa shape index (κ3) is 3.37. The largest absolute Gasteiger partial charge is 0.380 e. The molecule has 2 amide bonds. The van der Waals surface area contributed by atoms with Crippen LogP contribution in [0.25, 0.3) is 0 Å². The number of ether oxygens (including phenoxy) is 1. The van der Waals surface area contributed by atoms with Crippen LogP contribution in [0.2, 0.25) is 0 Å². The third-order valence-electron chi connectivity index (χ3n) is 7.88. The molecule has 0 spiro atoms. The van der Waals surface area contributed by atoms with E-state index >= 15 is 0 Å². The summed E-state index contributed by atoms with van der Waals surface area (Å²) in [5, 5.41) is 3.08. The summed E-state index contributed by atoms with van der Waals surface area (Å²) >= 11 is 0. The number of amides is 2. The Labute approximate surface area is 173 Å². The number of rotatable bonds is 5. The Bertz CT molecular complexity index is 770. The Morgan fingerprint density at radius 2 is 1.76 bits per heavy atom. The monoisotopic (exact) mass is 396 g/mol. The molecule has 1 saturated heterocycles. The first-order valence-electron chi connectivity index (χ1n) is 11.3. The van der Waals surface area contributed by atoms with Crippen LogP contribution in [0.1, 0.15) is 56.9 Å². The van der Waals surface area contributed by atoms with E-state index in [-0.39, 0.29) is 23.3 Å². The molecule has 1 heterocycles. The van der Waals surface area contributed by atoms with Gasteiger partial charge in [-0.15, -0.1) is 0 Å². The van der Waals surface area contributed by atoms with Crippen LogP contribution in [0, 0.1) is 23.2 Å². The summed E-state index contributed by atoms with van der Waals surface area (Å²) in [5.74, 6) is 2.44. The average Bonchev–Trinajstić information content (AvgIpc) is 3.18. The van der Waals surface area contributed by atoms with Crippen LogP contribution in [0.5, 0.6) is 0 Å². The van der Waals surface area contributed by atoms with Crippen LogP contribution in [0.15, 0.2) is 24.3 Å². The molecule has 1 atom stereocenters. The fourth-order valence-corrected chi connectivity index (χ4v) is 7.10. The van der Waals surface area contributed by atoms with E-state index in [0.717, 1.165) is 67.7 Å². The molecule has 29 heavy (non-hydrogen) atoms. The highest BCUT2D eigenvalue weighted by molar-refractivity contribution is 5.98. The average molecular weight is 397 g/mol. The van der Waals surface area contributed by atoms with Crippen LogP contribution in [0.3, 0.4) is 0 Å². The number of anilines is 1. The standard InChI is InChI=1S/C24H32N2O3/c1-29-15-19-5-2-3-6-20(19)25-22(27)21-7-4-8-26(21)23(28)24-12-16-9-17(13-24)11-18(10-16)14-24/h2-3,5-6,16-18,21H,4,7-15H2,1H3,(H,25,27). The molecule has 5 nitrogen and oxygen atoms in total. The first kappa shape index (κ1) is 19.1. The molecule has 1 N–H and O–H groups in total. The Hall–Kier alpha value is -1.88. The van der Waals surface area contributed by atoms with Gasteiger partial charge in [0.15, 0.2) is 0 Å². The van der Waals surface area contributed by atoms with E-state index < -0.39 is 0 Å². The van der Waals surface area contributed by atoms with Crippen molar-refractivity contribution in [1.82, 2.24) is 4.90 Å². The van der Waals surface area contributed by atoms with Gasteiger partial charge in [-0.3, -0.25) is 9.59 Å². The highest BCUT2D eigenvalue weighted by atomic mass is 16.5. The number of para-hydroxylation sites is 1. The molecule has 5 fully saturated rings. The summed E-state index contributed by atoms with van der Waals surface area (Å²) in [6, 6.07) is 7.40. The minimum Gasteiger partial charge on any atom is -0.380 e. The number of benzene rings is 1.